The molecular formula is C12H19NOS. The van der Waals surface area contributed by atoms with Crippen LogP contribution in [0.2, 0.25) is 0 Å². The molecule has 0 saturated heterocycles. The molecule has 1 aromatic rings. The van der Waals surface area contributed by atoms with E-state index in [1.165, 1.54) is 34.6 Å². The highest BCUT2D eigenvalue weighted by Crippen LogP contribution is 2.32. The zero-order valence-corrected chi connectivity index (χ0v) is 10.1. The normalized spacial score (nSPS) is 15.9. The van der Waals surface area contributed by atoms with Crippen molar-refractivity contribution in [2.24, 2.45) is 11.7 Å². The van der Waals surface area contributed by atoms with Crippen molar-refractivity contribution in [3.05, 3.63) is 21.4 Å². The summed E-state index contributed by atoms with van der Waals surface area (Å²) in [6.45, 7) is 4.46. The van der Waals surface area contributed by atoms with Gasteiger partial charge < -0.3 is 10.5 Å². The van der Waals surface area contributed by atoms with Gasteiger partial charge in [-0.3, -0.25) is 0 Å². The minimum absolute atomic E-state index is 0.646. The molecule has 0 spiro atoms. The first-order chi connectivity index (χ1) is 7.29. The van der Waals surface area contributed by atoms with Crippen LogP contribution in [0.25, 0.3) is 0 Å². The molecule has 1 saturated carbocycles. The zero-order chi connectivity index (χ0) is 10.7. The van der Waals surface area contributed by atoms with E-state index in [1.54, 1.807) is 11.3 Å². The average Bonchev–Trinajstić information content (AvgIpc) is 2.98. The quantitative estimate of drug-likeness (QED) is 0.756. The van der Waals surface area contributed by atoms with Crippen molar-refractivity contribution in [2.45, 2.75) is 39.3 Å². The third kappa shape index (κ3) is 3.30. The molecule has 0 radical (unpaired) electrons. The molecule has 1 aliphatic rings. The number of thiophene rings is 1. The highest BCUT2D eigenvalue weighted by atomic mass is 32.1. The Morgan fingerprint density at radius 1 is 1.53 bits per heavy atom. The summed E-state index contributed by atoms with van der Waals surface area (Å²) < 4.78 is 5.68. The van der Waals surface area contributed by atoms with Gasteiger partial charge in [0.1, 0.15) is 0 Å². The largest absolute Gasteiger partial charge is 0.377 e. The molecule has 0 atom stereocenters. The topological polar surface area (TPSA) is 35.2 Å². The minimum atomic E-state index is 0.646. The molecule has 2 nitrogen and oxygen atoms in total. The van der Waals surface area contributed by atoms with Crippen molar-refractivity contribution >= 4 is 11.3 Å². The lowest BCUT2D eigenvalue weighted by Gasteiger charge is -2.02. The van der Waals surface area contributed by atoms with Gasteiger partial charge in [-0.05, 0) is 30.9 Å². The molecule has 1 fully saturated rings. The van der Waals surface area contributed by atoms with Crippen LogP contribution in [0.15, 0.2) is 6.07 Å². The highest BCUT2D eigenvalue weighted by molar-refractivity contribution is 7.12. The SMILES string of the molecule is Cc1sc(CN)cc1COCCC1CC1. The summed E-state index contributed by atoms with van der Waals surface area (Å²) in [5.74, 6) is 0.966. The molecule has 2 rings (SSSR count). The van der Waals surface area contributed by atoms with Gasteiger partial charge in [0.05, 0.1) is 6.61 Å². The molecule has 1 aromatic heterocycles. The Balaban J connectivity index is 1.73. The van der Waals surface area contributed by atoms with E-state index in [2.05, 4.69) is 13.0 Å². The summed E-state index contributed by atoms with van der Waals surface area (Å²) in [5, 5.41) is 0. The Kier molecular flexibility index (Phi) is 3.78. The van der Waals surface area contributed by atoms with Crippen molar-refractivity contribution in [3.63, 3.8) is 0 Å². The van der Waals surface area contributed by atoms with Crippen molar-refractivity contribution in [1.29, 1.82) is 0 Å². The molecule has 1 heterocycles. The summed E-state index contributed by atoms with van der Waals surface area (Å²) >= 11 is 1.79. The van der Waals surface area contributed by atoms with Crippen LogP contribution in [0.1, 0.15) is 34.6 Å². The fourth-order valence-corrected chi connectivity index (χ4v) is 2.60. The number of aryl methyl sites for hydroxylation is 1. The number of ether oxygens (including phenoxy) is 1. The molecule has 0 aromatic carbocycles. The maximum absolute atomic E-state index is 5.68. The second kappa shape index (κ2) is 5.10. The van der Waals surface area contributed by atoms with E-state index < -0.39 is 0 Å². The fourth-order valence-electron chi connectivity index (χ4n) is 1.67. The van der Waals surface area contributed by atoms with Gasteiger partial charge in [0, 0.05) is 22.9 Å². The molecular weight excluding hydrogens is 206 g/mol. The summed E-state index contributed by atoms with van der Waals surface area (Å²) in [7, 11) is 0. The van der Waals surface area contributed by atoms with Gasteiger partial charge >= 0.3 is 0 Å². The Hall–Kier alpha value is -0.380. The van der Waals surface area contributed by atoms with Gasteiger partial charge in [0.25, 0.3) is 0 Å². The standard InChI is InChI=1S/C12H19NOS/c1-9-11(6-12(7-13)15-9)8-14-5-4-10-2-3-10/h6,10H,2-5,7-8,13H2,1H3. The smallest absolute Gasteiger partial charge is 0.0727 e. The summed E-state index contributed by atoms with van der Waals surface area (Å²) in [4.78, 5) is 2.61. The Labute approximate surface area is 95.4 Å². The van der Waals surface area contributed by atoms with E-state index in [1.807, 2.05) is 0 Å². The first-order valence-corrected chi connectivity index (χ1v) is 6.47. The second-order valence-electron chi connectivity index (χ2n) is 4.28. The second-order valence-corrected chi connectivity index (χ2v) is 5.62. The number of rotatable bonds is 6. The lowest BCUT2D eigenvalue weighted by molar-refractivity contribution is 0.115. The zero-order valence-electron chi connectivity index (χ0n) is 9.29. The van der Waals surface area contributed by atoms with E-state index in [-0.39, 0.29) is 0 Å². The van der Waals surface area contributed by atoms with Gasteiger partial charge in [0.2, 0.25) is 0 Å². The van der Waals surface area contributed by atoms with Gasteiger partial charge in [-0.2, -0.15) is 0 Å². The van der Waals surface area contributed by atoms with Crippen LogP contribution in [-0.2, 0) is 17.9 Å². The van der Waals surface area contributed by atoms with E-state index in [4.69, 9.17) is 10.5 Å². The Bertz CT molecular complexity index is 317. The van der Waals surface area contributed by atoms with E-state index >= 15 is 0 Å². The lowest BCUT2D eigenvalue weighted by atomic mass is 10.2. The molecule has 0 unspecified atom stereocenters. The average molecular weight is 225 g/mol. The van der Waals surface area contributed by atoms with Crippen LogP contribution < -0.4 is 5.73 Å². The van der Waals surface area contributed by atoms with Crippen molar-refractivity contribution in [1.82, 2.24) is 0 Å². The van der Waals surface area contributed by atoms with Gasteiger partial charge in [-0.25, -0.2) is 0 Å². The third-order valence-corrected chi connectivity index (χ3v) is 4.01. The molecule has 84 valence electrons. The van der Waals surface area contributed by atoms with E-state index in [0.29, 0.717) is 6.54 Å². The Morgan fingerprint density at radius 3 is 2.93 bits per heavy atom. The molecule has 0 bridgehead atoms. The summed E-state index contributed by atoms with van der Waals surface area (Å²) in [6.07, 6.45) is 4.07. The van der Waals surface area contributed by atoms with E-state index in [9.17, 15) is 0 Å². The molecule has 2 N–H and O–H groups in total. The predicted octanol–water partition coefficient (Wildman–Crippen LogP) is 2.83. The van der Waals surface area contributed by atoms with E-state index in [0.717, 1.165) is 19.1 Å². The first-order valence-electron chi connectivity index (χ1n) is 5.65. The van der Waals surface area contributed by atoms with Crippen LogP contribution >= 0.6 is 11.3 Å². The monoisotopic (exact) mass is 225 g/mol. The number of hydrogen-bond donors (Lipinski definition) is 1. The van der Waals surface area contributed by atoms with Crippen molar-refractivity contribution in [2.75, 3.05) is 6.61 Å². The van der Waals surface area contributed by atoms with Gasteiger partial charge in [0.15, 0.2) is 0 Å². The fraction of sp³-hybridized carbons (Fsp3) is 0.667. The van der Waals surface area contributed by atoms with Crippen LogP contribution in [0.4, 0.5) is 0 Å². The summed E-state index contributed by atoms with van der Waals surface area (Å²) in [5.41, 5.74) is 6.92. The lowest BCUT2D eigenvalue weighted by Crippen LogP contribution is -1.96. The molecule has 1 aliphatic carbocycles. The van der Waals surface area contributed by atoms with Gasteiger partial charge in [-0.1, -0.05) is 12.8 Å². The minimum Gasteiger partial charge on any atom is -0.377 e. The highest BCUT2D eigenvalue weighted by Gasteiger charge is 2.20. The van der Waals surface area contributed by atoms with Gasteiger partial charge in [-0.15, -0.1) is 11.3 Å². The first kappa shape index (κ1) is 11.1. The molecule has 0 amide bonds. The molecule has 15 heavy (non-hydrogen) atoms. The predicted molar refractivity (Wildman–Crippen MR) is 63.9 cm³/mol. The molecule has 3 heteroatoms. The number of nitrogens with two attached hydrogens (primary N) is 1. The van der Waals surface area contributed by atoms with Crippen LogP contribution in [0.3, 0.4) is 0 Å². The maximum atomic E-state index is 5.68. The maximum Gasteiger partial charge on any atom is 0.0727 e. The van der Waals surface area contributed by atoms with Crippen LogP contribution in [-0.4, -0.2) is 6.61 Å². The third-order valence-electron chi connectivity index (χ3n) is 2.90. The van der Waals surface area contributed by atoms with Crippen molar-refractivity contribution < 1.29 is 4.74 Å². The Morgan fingerprint density at radius 2 is 2.33 bits per heavy atom. The van der Waals surface area contributed by atoms with Crippen LogP contribution in [0.5, 0.6) is 0 Å². The molecule has 0 aliphatic heterocycles. The van der Waals surface area contributed by atoms with Crippen molar-refractivity contribution in [3.8, 4) is 0 Å². The summed E-state index contributed by atoms with van der Waals surface area (Å²) in [6, 6.07) is 2.18. The van der Waals surface area contributed by atoms with Crippen LogP contribution in [0, 0.1) is 12.8 Å². The number of hydrogen-bond acceptors (Lipinski definition) is 3.